The Balaban J connectivity index is 1.76. The second-order valence-corrected chi connectivity index (χ2v) is 5.26. The lowest BCUT2D eigenvalue weighted by atomic mass is 10.2. The van der Waals surface area contributed by atoms with Gasteiger partial charge in [-0.25, -0.2) is 4.39 Å². The number of hydrogen-bond acceptors (Lipinski definition) is 3. The van der Waals surface area contributed by atoms with Crippen molar-refractivity contribution in [1.82, 2.24) is 4.57 Å². The standard InChI is InChI=1S/C18H17FN2O3/c1-23-16-6-5-14(10-17(16)24-2)20-18(22)11-21-8-7-12-3-4-13(19)9-15(12)21/h3-10H,11H2,1-2H3,(H,20,22). The minimum absolute atomic E-state index is 0.0846. The van der Waals surface area contributed by atoms with Crippen molar-refractivity contribution in [2.24, 2.45) is 0 Å². The van der Waals surface area contributed by atoms with Gasteiger partial charge in [-0.15, -0.1) is 0 Å². The minimum Gasteiger partial charge on any atom is -0.493 e. The summed E-state index contributed by atoms with van der Waals surface area (Å²) in [6.45, 7) is 0.0846. The number of halogens is 1. The first-order valence-corrected chi connectivity index (χ1v) is 7.37. The number of carbonyl (C=O) groups excluding carboxylic acids is 1. The van der Waals surface area contributed by atoms with Crippen LogP contribution in [0.1, 0.15) is 0 Å². The molecule has 0 aliphatic carbocycles. The Labute approximate surface area is 138 Å². The van der Waals surface area contributed by atoms with Crippen LogP contribution in [0.3, 0.4) is 0 Å². The number of nitrogens with zero attached hydrogens (tertiary/aromatic N) is 1. The summed E-state index contributed by atoms with van der Waals surface area (Å²) in [7, 11) is 3.08. The molecule has 6 heteroatoms. The summed E-state index contributed by atoms with van der Waals surface area (Å²) in [5.41, 5.74) is 1.28. The van der Waals surface area contributed by atoms with E-state index in [2.05, 4.69) is 5.32 Å². The van der Waals surface area contributed by atoms with Gasteiger partial charge < -0.3 is 19.4 Å². The number of amides is 1. The summed E-state index contributed by atoms with van der Waals surface area (Å²) < 4.78 is 25.5. The Morgan fingerprint density at radius 1 is 1.08 bits per heavy atom. The number of fused-ring (bicyclic) bond motifs is 1. The predicted octanol–water partition coefficient (Wildman–Crippen LogP) is 3.44. The van der Waals surface area contributed by atoms with Gasteiger partial charge in [0.1, 0.15) is 12.4 Å². The van der Waals surface area contributed by atoms with Crippen LogP contribution in [0.2, 0.25) is 0 Å². The maximum Gasteiger partial charge on any atom is 0.244 e. The first kappa shape index (κ1) is 15.9. The normalized spacial score (nSPS) is 10.6. The number of nitrogens with one attached hydrogen (secondary N) is 1. The number of benzene rings is 2. The van der Waals surface area contributed by atoms with Crippen LogP contribution in [0.5, 0.6) is 11.5 Å². The third-order valence-corrected chi connectivity index (χ3v) is 3.72. The fourth-order valence-electron chi connectivity index (χ4n) is 2.56. The number of aromatic nitrogens is 1. The minimum atomic E-state index is -0.331. The predicted molar refractivity (Wildman–Crippen MR) is 90.1 cm³/mol. The lowest BCUT2D eigenvalue weighted by Gasteiger charge is -2.11. The van der Waals surface area contributed by atoms with E-state index < -0.39 is 0 Å². The van der Waals surface area contributed by atoms with Crippen LogP contribution in [-0.2, 0) is 11.3 Å². The van der Waals surface area contributed by atoms with Crippen LogP contribution in [0, 0.1) is 5.82 Å². The van der Waals surface area contributed by atoms with Crippen molar-refractivity contribution in [3.63, 3.8) is 0 Å². The van der Waals surface area contributed by atoms with Crippen LogP contribution in [0.4, 0.5) is 10.1 Å². The molecule has 0 spiro atoms. The SMILES string of the molecule is COc1ccc(NC(=O)Cn2ccc3ccc(F)cc32)cc1OC. The fraction of sp³-hybridized carbons (Fsp3) is 0.167. The molecule has 2 aromatic carbocycles. The van der Waals surface area contributed by atoms with E-state index in [1.807, 2.05) is 6.07 Å². The van der Waals surface area contributed by atoms with Gasteiger partial charge in [-0.05, 0) is 41.8 Å². The molecule has 0 radical (unpaired) electrons. The fourth-order valence-corrected chi connectivity index (χ4v) is 2.56. The van der Waals surface area contributed by atoms with E-state index in [9.17, 15) is 9.18 Å². The van der Waals surface area contributed by atoms with E-state index in [1.54, 1.807) is 42.1 Å². The largest absolute Gasteiger partial charge is 0.493 e. The Morgan fingerprint density at radius 2 is 1.88 bits per heavy atom. The molecule has 24 heavy (non-hydrogen) atoms. The third-order valence-electron chi connectivity index (χ3n) is 3.72. The Bertz CT molecular complexity index is 889. The lowest BCUT2D eigenvalue weighted by molar-refractivity contribution is -0.116. The summed E-state index contributed by atoms with van der Waals surface area (Å²) in [5, 5.41) is 3.68. The molecule has 0 bridgehead atoms. The van der Waals surface area contributed by atoms with Crippen molar-refractivity contribution in [2.45, 2.75) is 6.54 Å². The highest BCUT2D eigenvalue weighted by Gasteiger charge is 2.10. The molecular weight excluding hydrogens is 311 g/mol. The van der Waals surface area contributed by atoms with E-state index in [1.165, 1.54) is 19.2 Å². The van der Waals surface area contributed by atoms with Gasteiger partial charge in [-0.2, -0.15) is 0 Å². The van der Waals surface area contributed by atoms with Gasteiger partial charge in [0.2, 0.25) is 5.91 Å². The van der Waals surface area contributed by atoms with Gasteiger partial charge in [0.25, 0.3) is 0 Å². The summed E-state index contributed by atoms with van der Waals surface area (Å²) in [6, 6.07) is 11.5. The third kappa shape index (κ3) is 3.17. The molecule has 0 aliphatic heterocycles. The van der Waals surface area contributed by atoms with E-state index in [0.717, 1.165) is 5.39 Å². The van der Waals surface area contributed by atoms with Gasteiger partial charge in [0, 0.05) is 18.0 Å². The number of rotatable bonds is 5. The second-order valence-electron chi connectivity index (χ2n) is 5.26. The first-order valence-electron chi connectivity index (χ1n) is 7.37. The molecule has 0 atom stereocenters. The van der Waals surface area contributed by atoms with Crippen molar-refractivity contribution in [2.75, 3.05) is 19.5 Å². The molecule has 3 rings (SSSR count). The molecule has 0 aliphatic rings. The van der Waals surface area contributed by atoms with Gasteiger partial charge >= 0.3 is 0 Å². The molecule has 0 fully saturated rings. The number of methoxy groups -OCH3 is 2. The summed E-state index contributed by atoms with van der Waals surface area (Å²) in [6.07, 6.45) is 1.76. The number of hydrogen-bond donors (Lipinski definition) is 1. The molecule has 124 valence electrons. The second kappa shape index (κ2) is 6.62. The lowest BCUT2D eigenvalue weighted by Crippen LogP contribution is -2.18. The van der Waals surface area contributed by atoms with Gasteiger partial charge in [0.05, 0.1) is 19.7 Å². The smallest absolute Gasteiger partial charge is 0.244 e. The zero-order valence-electron chi connectivity index (χ0n) is 13.4. The molecule has 3 aromatic rings. The summed E-state index contributed by atoms with van der Waals surface area (Å²) >= 11 is 0. The monoisotopic (exact) mass is 328 g/mol. The average molecular weight is 328 g/mol. The van der Waals surface area contributed by atoms with E-state index in [4.69, 9.17) is 9.47 Å². The summed E-state index contributed by atoms with van der Waals surface area (Å²) in [5.74, 6) is 0.567. The zero-order valence-corrected chi connectivity index (χ0v) is 13.4. The highest BCUT2D eigenvalue weighted by molar-refractivity contribution is 5.92. The maximum atomic E-state index is 13.4. The molecular formula is C18H17FN2O3. The van der Waals surface area contributed by atoms with E-state index >= 15 is 0 Å². The van der Waals surface area contributed by atoms with Gasteiger partial charge in [-0.3, -0.25) is 4.79 Å². The number of ether oxygens (including phenoxy) is 2. The van der Waals surface area contributed by atoms with Crippen LogP contribution in [0.25, 0.3) is 10.9 Å². The highest BCUT2D eigenvalue weighted by atomic mass is 19.1. The number of carbonyl (C=O) groups is 1. The zero-order chi connectivity index (χ0) is 17.1. The maximum absolute atomic E-state index is 13.4. The first-order chi connectivity index (χ1) is 11.6. The van der Waals surface area contributed by atoms with Crippen molar-refractivity contribution in [3.05, 3.63) is 54.5 Å². The quantitative estimate of drug-likeness (QED) is 0.780. The Morgan fingerprint density at radius 3 is 2.62 bits per heavy atom. The van der Waals surface area contributed by atoms with E-state index in [-0.39, 0.29) is 18.3 Å². The van der Waals surface area contributed by atoms with Gasteiger partial charge in [0.15, 0.2) is 11.5 Å². The van der Waals surface area contributed by atoms with E-state index in [0.29, 0.717) is 22.7 Å². The Hall–Kier alpha value is -3.02. The summed E-state index contributed by atoms with van der Waals surface area (Å²) in [4.78, 5) is 12.3. The molecule has 1 N–H and O–H groups in total. The van der Waals surface area contributed by atoms with Crippen molar-refractivity contribution in [3.8, 4) is 11.5 Å². The van der Waals surface area contributed by atoms with Crippen molar-refractivity contribution in [1.29, 1.82) is 0 Å². The molecule has 0 unspecified atom stereocenters. The number of anilines is 1. The van der Waals surface area contributed by atoms with Crippen LogP contribution < -0.4 is 14.8 Å². The van der Waals surface area contributed by atoms with Crippen LogP contribution in [-0.4, -0.2) is 24.7 Å². The topological polar surface area (TPSA) is 52.5 Å². The molecule has 0 saturated carbocycles. The Kier molecular flexibility index (Phi) is 4.37. The van der Waals surface area contributed by atoms with Crippen molar-refractivity contribution < 1.29 is 18.7 Å². The van der Waals surface area contributed by atoms with Crippen molar-refractivity contribution >= 4 is 22.5 Å². The van der Waals surface area contributed by atoms with Gasteiger partial charge in [-0.1, -0.05) is 0 Å². The highest BCUT2D eigenvalue weighted by Crippen LogP contribution is 2.29. The molecule has 1 heterocycles. The molecule has 5 nitrogen and oxygen atoms in total. The molecule has 0 saturated heterocycles. The van der Waals surface area contributed by atoms with Crippen LogP contribution in [0.15, 0.2) is 48.7 Å². The average Bonchev–Trinajstić information content (AvgIpc) is 2.96. The molecule has 1 amide bonds. The molecule has 1 aromatic heterocycles. The van der Waals surface area contributed by atoms with Crippen LogP contribution >= 0.6 is 0 Å².